The molecule has 1 aliphatic rings. The topological polar surface area (TPSA) is 34.1 Å². The highest BCUT2D eigenvalue weighted by atomic mass is 32.2. The second-order valence-corrected chi connectivity index (χ2v) is 13.2. The number of benzene rings is 7. The minimum absolute atomic E-state index is 0.288. The molecule has 0 saturated heterocycles. The molecule has 1 aliphatic carbocycles. The van der Waals surface area contributed by atoms with Gasteiger partial charge in [-0.3, -0.25) is 0 Å². The van der Waals surface area contributed by atoms with Gasteiger partial charge in [-0.1, -0.05) is 146 Å². The minimum Gasteiger partial charge on any atom is -0.219 e. The van der Waals surface area contributed by atoms with Crippen LogP contribution in [0.3, 0.4) is 0 Å². The summed E-state index contributed by atoms with van der Waals surface area (Å²) in [5.41, 5.74) is 8.91. The Morgan fingerprint density at radius 3 is 1.57 bits per heavy atom. The van der Waals surface area contributed by atoms with Gasteiger partial charge in [-0.25, -0.2) is 8.42 Å². The maximum atomic E-state index is 13.3. The normalized spacial score (nSPS) is 13.4. The lowest BCUT2D eigenvalue weighted by Gasteiger charge is -2.42. The molecule has 2 nitrogen and oxygen atoms in total. The molecule has 0 amide bonds. The standard InChI is InChI=1S/C41H28O2S/c42-44(43,32-17-8-3-9-18-32)33-25-23-29(24-26-33)34-27-28-37-35-19-10-11-21-38(35)41(30-13-4-1-5-14-30,31-15-6-2-7-16-31)39-22-12-20-36(34)40(37)39/h1-28H. The van der Waals surface area contributed by atoms with E-state index in [0.29, 0.717) is 4.90 Å². The highest BCUT2D eigenvalue weighted by Gasteiger charge is 2.44. The summed E-state index contributed by atoms with van der Waals surface area (Å²) >= 11 is 0. The van der Waals surface area contributed by atoms with Gasteiger partial charge >= 0.3 is 0 Å². The van der Waals surface area contributed by atoms with Gasteiger partial charge in [0.15, 0.2) is 0 Å². The van der Waals surface area contributed by atoms with Crippen molar-refractivity contribution in [3.63, 3.8) is 0 Å². The van der Waals surface area contributed by atoms with Crippen LogP contribution in [0.1, 0.15) is 22.3 Å². The summed E-state index contributed by atoms with van der Waals surface area (Å²) in [4.78, 5) is 0.586. The van der Waals surface area contributed by atoms with E-state index in [9.17, 15) is 8.42 Å². The van der Waals surface area contributed by atoms with Crippen molar-refractivity contribution in [1.82, 2.24) is 0 Å². The molecule has 0 aromatic heterocycles. The lowest BCUT2D eigenvalue weighted by atomic mass is 9.59. The molecule has 8 rings (SSSR count). The van der Waals surface area contributed by atoms with Crippen molar-refractivity contribution in [3.8, 4) is 22.3 Å². The average molecular weight is 585 g/mol. The first-order valence-corrected chi connectivity index (χ1v) is 16.3. The van der Waals surface area contributed by atoms with Gasteiger partial charge in [-0.2, -0.15) is 0 Å². The second kappa shape index (κ2) is 10.2. The highest BCUT2D eigenvalue weighted by Crippen LogP contribution is 2.56. The molecule has 0 aliphatic heterocycles. The van der Waals surface area contributed by atoms with Crippen LogP contribution in [0, 0.1) is 0 Å². The van der Waals surface area contributed by atoms with E-state index < -0.39 is 15.3 Å². The van der Waals surface area contributed by atoms with Crippen molar-refractivity contribution in [1.29, 1.82) is 0 Å². The van der Waals surface area contributed by atoms with Gasteiger partial charge in [0.05, 0.1) is 15.2 Å². The molecule has 7 aromatic rings. The van der Waals surface area contributed by atoms with Gasteiger partial charge in [0.2, 0.25) is 9.84 Å². The highest BCUT2D eigenvalue weighted by molar-refractivity contribution is 7.91. The summed E-state index contributed by atoms with van der Waals surface area (Å²) in [5.74, 6) is 0. The second-order valence-electron chi connectivity index (χ2n) is 11.3. The summed E-state index contributed by atoms with van der Waals surface area (Å²) < 4.78 is 26.6. The van der Waals surface area contributed by atoms with Crippen LogP contribution >= 0.6 is 0 Å². The molecular formula is C41H28O2S. The molecule has 3 heteroatoms. The van der Waals surface area contributed by atoms with Crippen molar-refractivity contribution in [2.45, 2.75) is 15.2 Å². The fraction of sp³-hybridized carbons (Fsp3) is 0.0244. The predicted molar refractivity (Wildman–Crippen MR) is 179 cm³/mol. The van der Waals surface area contributed by atoms with Crippen LogP contribution in [0.2, 0.25) is 0 Å². The third-order valence-electron chi connectivity index (χ3n) is 9.01. The molecule has 0 heterocycles. The lowest BCUT2D eigenvalue weighted by molar-refractivity contribution is 0.596. The molecule has 0 bridgehead atoms. The van der Waals surface area contributed by atoms with Gasteiger partial charge < -0.3 is 0 Å². The van der Waals surface area contributed by atoms with Crippen LogP contribution in [0.15, 0.2) is 180 Å². The minimum atomic E-state index is -3.60. The maximum absolute atomic E-state index is 13.3. The van der Waals surface area contributed by atoms with Crippen molar-refractivity contribution in [2.75, 3.05) is 0 Å². The van der Waals surface area contributed by atoms with Crippen LogP contribution in [0.5, 0.6) is 0 Å². The summed E-state index contributed by atoms with van der Waals surface area (Å²) in [6.45, 7) is 0. The molecule has 0 fully saturated rings. The number of hydrogen-bond acceptors (Lipinski definition) is 2. The number of rotatable bonds is 5. The Hall–Kier alpha value is -5.25. The predicted octanol–water partition coefficient (Wildman–Crippen LogP) is 9.70. The van der Waals surface area contributed by atoms with E-state index in [1.165, 1.54) is 38.8 Å². The molecule has 0 N–H and O–H groups in total. The van der Waals surface area contributed by atoms with Gasteiger partial charge in [0.1, 0.15) is 0 Å². The van der Waals surface area contributed by atoms with E-state index in [-0.39, 0.29) is 4.90 Å². The van der Waals surface area contributed by atoms with Gasteiger partial charge in [-0.05, 0) is 79.5 Å². The smallest absolute Gasteiger partial charge is 0.206 e. The number of hydrogen-bond donors (Lipinski definition) is 0. The zero-order valence-corrected chi connectivity index (χ0v) is 24.7. The molecule has 44 heavy (non-hydrogen) atoms. The Morgan fingerprint density at radius 1 is 0.386 bits per heavy atom. The Morgan fingerprint density at radius 2 is 0.909 bits per heavy atom. The average Bonchev–Trinajstić information content (AvgIpc) is 3.10. The zero-order chi connectivity index (χ0) is 29.7. The van der Waals surface area contributed by atoms with Gasteiger partial charge in [-0.15, -0.1) is 0 Å². The van der Waals surface area contributed by atoms with Crippen LogP contribution in [0.25, 0.3) is 33.0 Å². The first-order valence-electron chi connectivity index (χ1n) is 14.8. The van der Waals surface area contributed by atoms with E-state index in [2.05, 4.69) is 115 Å². The van der Waals surface area contributed by atoms with Gasteiger partial charge in [0, 0.05) is 0 Å². The third kappa shape index (κ3) is 3.83. The molecule has 0 saturated carbocycles. The number of fused-ring (bicyclic) bond motifs is 2. The van der Waals surface area contributed by atoms with E-state index in [4.69, 9.17) is 0 Å². The summed E-state index contributed by atoms with van der Waals surface area (Å²) in [6, 6.07) is 57.3. The van der Waals surface area contributed by atoms with Gasteiger partial charge in [0.25, 0.3) is 0 Å². The van der Waals surface area contributed by atoms with E-state index in [0.717, 1.165) is 16.5 Å². The lowest BCUT2D eigenvalue weighted by Crippen LogP contribution is -2.33. The van der Waals surface area contributed by atoms with Crippen LogP contribution in [0.4, 0.5) is 0 Å². The molecule has 0 atom stereocenters. The van der Waals surface area contributed by atoms with Crippen LogP contribution in [-0.2, 0) is 15.3 Å². The molecule has 210 valence electrons. The Kier molecular flexibility index (Phi) is 6.11. The maximum Gasteiger partial charge on any atom is 0.206 e. The van der Waals surface area contributed by atoms with E-state index in [1.807, 2.05) is 18.2 Å². The molecule has 7 aromatic carbocycles. The largest absolute Gasteiger partial charge is 0.219 e. The third-order valence-corrected chi connectivity index (χ3v) is 10.8. The van der Waals surface area contributed by atoms with Crippen molar-refractivity contribution < 1.29 is 8.42 Å². The van der Waals surface area contributed by atoms with E-state index >= 15 is 0 Å². The molecule has 0 radical (unpaired) electrons. The Bertz CT molecular complexity index is 2220. The molecule has 0 spiro atoms. The summed E-state index contributed by atoms with van der Waals surface area (Å²) in [7, 11) is -3.60. The first-order chi connectivity index (χ1) is 21.6. The Labute approximate surface area is 257 Å². The first kappa shape index (κ1) is 26.4. The fourth-order valence-electron chi connectivity index (χ4n) is 7.10. The SMILES string of the molecule is O=S(=O)(c1ccccc1)c1ccc(-c2ccc3c4c(cccc24)C(c2ccccc2)(c2ccccc2)c2ccccc2-3)cc1. The van der Waals surface area contributed by atoms with Crippen molar-refractivity contribution in [2.24, 2.45) is 0 Å². The summed E-state index contributed by atoms with van der Waals surface area (Å²) in [5, 5.41) is 2.36. The quantitative estimate of drug-likeness (QED) is 0.202. The Balaban J connectivity index is 1.39. The zero-order valence-electron chi connectivity index (χ0n) is 23.9. The fourth-order valence-corrected chi connectivity index (χ4v) is 8.38. The van der Waals surface area contributed by atoms with Crippen molar-refractivity contribution in [3.05, 3.63) is 192 Å². The van der Waals surface area contributed by atoms with Crippen LogP contribution in [-0.4, -0.2) is 8.42 Å². The summed E-state index contributed by atoms with van der Waals surface area (Å²) in [6.07, 6.45) is 0. The van der Waals surface area contributed by atoms with Crippen molar-refractivity contribution >= 4 is 20.6 Å². The van der Waals surface area contributed by atoms with E-state index in [1.54, 1.807) is 36.4 Å². The molecular weight excluding hydrogens is 557 g/mol. The molecule has 0 unspecified atom stereocenters. The van der Waals surface area contributed by atoms with Crippen LogP contribution < -0.4 is 0 Å². The monoisotopic (exact) mass is 584 g/mol. The number of sulfone groups is 1.